The van der Waals surface area contributed by atoms with Crippen molar-refractivity contribution in [2.45, 2.75) is 31.7 Å². The molecular weight excluding hydrogens is 289 g/mol. The van der Waals surface area contributed by atoms with Gasteiger partial charge in [-0.25, -0.2) is 0 Å². The predicted molar refractivity (Wildman–Crippen MR) is 69.7 cm³/mol. The van der Waals surface area contributed by atoms with E-state index in [0.717, 1.165) is 18.4 Å². The Bertz CT molecular complexity index is 391. The quantitative estimate of drug-likeness (QED) is 0.867. The van der Waals surface area contributed by atoms with Crippen molar-refractivity contribution in [3.63, 3.8) is 0 Å². The zero-order valence-corrected chi connectivity index (χ0v) is 11.3. The second kappa shape index (κ2) is 4.94. The highest BCUT2D eigenvalue weighted by atomic mass is 79.9. The molecule has 88 valence electrons. The molecule has 0 bridgehead atoms. The number of nitrogens with two attached hydrogens (primary N) is 1. The normalized spacial score (nSPS) is 18.9. The molecule has 3 N–H and O–H groups in total. The van der Waals surface area contributed by atoms with E-state index in [4.69, 9.17) is 17.3 Å². The van der Waals surface area contributed by atoms with Gasteiger partial charge in [0.1, 0.15) is 5.75 Å². The van der Waals surface area contributed by atoms with E-state index in [1.165, 1.54) is 12.8 Å². The summed E-state index contributed by atoms with van der Waals surface area (Å²) in [7, 11) is 0. The van der Waals surface area contributed by atoms with Crippen molar-refractivity contribution in [3.05, 3.63) is 27.2 Å². The molecule has 1 atom stereocenters. The van der Waals surface area contributed by atoms with Crippen LogP contribution in [0, 0.1) is 5.92 Å². The monoisotopic (exact) mass is 303 g/mol. The summed E-state index contributed by atoms with van der Waals surface area (Å²) < 4.78 is 0.542. The first-order chi connectivity index (χ1) is 7.61. The number of rotatable bonds is 2. The summed E-state index contributed by atoms with van der Waals surface area (Å²) in [6.07, 6.45) is 4.80. The molecule has 0 heterocycles. The van der Waals surface area contributed by atoms with Crippen LogP contribution in [-0.4, -0.2) is 5.11 Å². The highest BCUT2D eigenvalue weighted by Crippen LogP contribution is 2.41. The average molecular weight is 305 g/mol. The maximum absolute atomic E-state index is 10.00. The van der Waals surface area contributed by atoms with E-state index >= 15 is 0 Å². The maximum atomic E-state index is 10.00. The lowest BCUT2D eigenvalue weighted by Gasteiger charge is -2.20. The number of phenols is 1. The van der Waals surface area contributed by atoms with E-state index in [1.807, 2.05) is 6.07 Å². The first kappa shape index (κ1) is 12.2. The van der Waals surface area contributed by atoms with Crippen LogP contribution in [0.5, 0.6) is 5.75 Å². The van der Waals surface area contributed by atoms with Gasteiger partial charge in [0, 0.05) is 11.6 Å². The minimum atomic E-state index is -0.0870. The molecule has 1 aliphatic rings. The van der Waals surface area contributed by atoms with E-state index in [0.29, 0.717) is 15.4 Å². The minimum absolute atomic E-state index is 0.0870. The minimum Gasteiger partial charge on any atom is -0.506 e. The van der Waals surface area contributed by atoms with Crippen LogP contribution in [0.25, 0.3) is 0 Å². The molecule has 0 saturated heterocycles. The molecule has 2 rings (SSSR count). The molecule has 1 fully saturated rings. The van der Waals surface area contributed by atoms with Crippen molar-refractivity contribution in [1.82, 2.24) is 0 Å². The lowest BCUT2D eigenvalue weighted by Crippen LogP contribution is -2.19. The second-order valence-corrected chi connectivity index (χ2v) is 5.57. The van der Waals surface area contributed by atoms with E-state index in [-0.39, 0.29) is 11.8 Å². The van der Waals surface area contributed by atoms with E-state index in [9.17, 15) is 5.11 Å². The van der Waals surface area contributed by atoms with Crippen LogP contribution in [0.4, 0.5) is 0 Å². The van der Waals surface area contributed by atoms with E-state index in [1.54, 1.807) is 6.07 Å². The maximum Gasteiger partial charge on any atom is 0.136 e. The third-order valence-corrected chi connectivity index (χ3v) is 4.71. The van der Waals surface area contributed by atoms with Gasteiger partial charge in [-0.1, -0.05) is 30.5 Å². The van der Waals surface area contributed by atoms with Crippen LogP contribution in [0.1, 0.15) is 37.3 Å². The van der Waals surface area contributed by atoms with Crippen molar-refractivity contribution in [2.24, 2.45) is 11.7 Å². The highest BCUT2D eigenvalue weighted by molar-refractivity contribution is 9.10. The Labute approximate surface area is 109 Å². The van der Waals surface area contributed by atoms with Crippen LogP contribution in [0.2, 0.25) is 5.02 Å². The van der Waals surface area contributed by atoms with Gasteiger partial charge >= 0.3 is 0 Å². The molecule has 2 nitrogen and oxygen atoms in total. The second-order valence-electron chi connectivity index (χ2n) is 4.37. The molecule has 16 heavy (non-hydrogen) atoms. The molecule has 0 spiro atoms. The van der Waals surface area contributed by atoms with Crippen LogP contribution >= 0.6 is 27.5 Å². The number of phenolic OH excluding ortho intramolecular Hbond substituents is 1. The zero-order valence-electron chi connectivity index (χ0n) is 8.92. The average Bonchev–Trinajstić information content (AvgIpc) is 2.79. The smallest absolute Gasteiger partial charge is 0.136 e. The fourth-order valence-corrected chi connectivity index (χ4v) is 2.91. The van der Waals surface area contributed by atoms with Gasteiger partial charge in [0.2, 0.25) is 0 Å². The number of halogens is 2. The van der Waals surface area contributed by atoms with Crippen LogP contribution in [0.15, 0.2) is 16.6 Å². The van der Waals surface area contributed by atoms with Gasteiger partial charge in [0.15, 0.2) is 0 Å². The summed E-state index contributed by atoms with van der Waals surface area (Å²) >= 11 is 9.17. The Hall–Kier alpha value is -0.250. The van der Waals surface area contributed by atoms with Crippen molar-refractivity contribution in [1.29, 1.82) is 0 Å². The summed E-state index contributed by atoms with van der Waals surface area (Å²) in [5.74, 6) is 0.672. The van der Waals surface area contributed by atoms with Crippen molar-refractivity contribution in [2.75, 3.05) is 0 Å². The van der Waals surface area contributed by atoms with Gasteiger partial charge in [-0.3, -0.25) is 0 Å². The fraction of sp³-hybridized carbons (Fsp3) is 0.500. The summed E-state index contributed by atoms with van der Waals surface area (Å²) in [5, 5.41) is 10.5. The Morgan fingerprint density at radius 1 is 1.38 bits per heavy atom. The molecule has 1 aromatic carbocycles. The standard InChI is InChI=1S/C12H15BrClNO/c13-10-9(14)6-5-8(12(10)16)11(15)7-3-1-2-4-7/h5-7,11,16H,1-4,15H2/t11-/m1/s1. The zero-order chi connectivity index (χ0) is 11.7. The van der Waals surface area contributed by atoms with Gasteiger partial charge in [0.25, 0.3) is 0 Å². The summed E-state index contributed by atoms with van der Waals surface area (Å²) in [6, 6.07) is 3.51. The lowest BCUT2D eigenvalue weighted by atomic mass is 9.92. The highest BCUT2D eigenvalue weighted by Gasteiger charge is 2.26. The molecule has 0 aliphatic heterocycles. The number of aromatic hydroxyl groups is 1. The van der Waals surface area contributed by atoms with Gasteiger partial charge in [-0.05, 0) is 40.8 Å². The van der Waals surface area contributed by atoms with Crippen molar-refractivity contribution in [3.8, 4) is 5.75 Å². The van der Waals surface area contributed by atoms with Gasteiger partial charge in [-0.15, -0.1) is 0 Å². The molecule has 4 heteroatoms. The third kappa shape index (κ3) is 2.22. The first-order valence-electron chi connectivity index (χ1n) is 5.53. The Balaban J connectivity index is 2.29. The topological polar surface area (TPSA) is 46.2 Å². The van der Waals surface area contributed by atoms with Crippen molar-refractivity contribution >= 4 is 27.5 Å². The molecular formula is C12H15BrClNO. The summed E-state index contributed by atoms with van der Waals surface area (Å²) in [6.45, 7) is 0. The third-order valence-electron chi connectivity index (χ3n) is 3.37. The molecule has 0 radical (unpaired) electrons. The van der Waals surface area contributed by atoms with Crippen molar-refractivity contribution < 1.29 is 5.11 Å². The van der Waals surface area contributed by atoms with Crippen LogP contribution < -0.4 is 5.73 Å². The largest absolute Gasteiger partial charge is 0.506 e. The lowest BCUT2D eigenvalue weighted by molar-refractivity contribution is 0.411. The van der Waals surface area contributed by atoms with E-state index in [2.05, 4.69) is 15.9 Å². The van der Waals surface area contributed by atoms with Gasteiger partial charge in [-0.2, -0.15) is 0 Å². The molecule has 1 aliphatic carbocycles. The predicted octanol–water partition coefficient (Wildman–Crippen LogP) is 4.00. The number of benzene rings is 1. The molecule has 1 saturated carbocycles. The molecule has 0 aromatic heterocycles. The van der Waals surface area contributed by atoms with Gasteiger partial charge in [0.05, 0.1) is 9.50 Å². The Morgan fingerprint density at radius 3 is 2.62 bits per heavy atom. The summed E-state index contributed by atoms with van der Waals surface area (Å²) in [4.78, 5) is 0. The Kier molecular flexibility index (Phi) is 3.77. The van der Waals surface area contributed by atoms with Gasteiger partial charge < -0.3 is 10.8 Å². The first-order valence-corrected chi connectivity index (χ1v) is 6.71. The number of hydrogen-bond donors (Lipinski definition) is 2. The fourth-order valence-electron chi connectivity index (χ4n) is 2.39. The van der Waals surface area contributed by atoms with E-state index < -0.39 is 0 Å². The molecule has 1 aromatic rings. The van der Waals surface area contributed by atoms with Crippen LogP contribution in [0.3, 0.4) is 0 Å². The molecule has 0 unspecified atom stereocenters. The Morgan fingerprint density at radius 2 is 2.00 bits per heavy atom. The summed E-state index contributed by atoms with van der Waals surface area (Å²) in [5.41, 5.74) is 6.99. The molecule has 0 amide bonds. The van der Waals surface area contributed by atoms with Crippen LogP contribution in [-0.2, 0) is 0 Å². The number of hydrogen-bond acceptors (Lipinski definition) is 2. The SMILES string of the molecule is N[C@@H](c1ccc(Cl)c(Br)c1O)C1CCCC1.